The van der Waals surface area contributed by atoms with E-state index in [4.69, 9.17) is 16.2 Å². The van der Waals surface area contributed by atoms with Gasteiger partial charge < -0.3 is 16.2 Å². The largest absolute Gasteiger partial charge is 0.398 e. The molecule has 116 valence electrons. The molecule has 21 heavy (non-hydrogen) atoms. The average molecular weight is 291 g/mol. The van der Waals surface area contributed by atoms with E-state index in [0.717, 1.165) is 51.1 Å². The summed E-state index contributed by atoms with van der Waals surface area (Å²) < 4.78 is 5.85. The van der Waals surface area contributed by atoms with Crippen LogP contribution in [0.1, 0.15) is 42.1 Å². The summed E-state index contributed by atoms with van der Waals surface area (Å²) in [5.74, 6) is -0.445. The van der Waals surface area contributed by atoms with Gasteiger partial charge in [-0.1, -0.05) is 13.0 Å². The highest BCUT2D eigenvalue weighted by molar-refractivity contribution is 5.93. The third kappa shape index (κ3) is 4.44. The van der Waals surface area contributed by atoms with Gasteiger partial charge in [0.25, 0.3) is 0 Å². The molecule has 1 atom stereocenters. The molecule has 1 unspecified atom stereocenters. The van der Waals surface area contributed by atoms with E-state index in [1.165, 1.54) is 0 Å². The second-order valence-electron chi connectivity index (χ2n) is 5.65. The molecule has 5 heteroatoms. The molecule has 4 N–H and O–H groups in total. The van der Waals surface area contributed by atoms with E-state index in [-0.39, 0.29) is 0 Å². The fourth-order valence-electron chi connectivity index (χ4n) is 2.71. The second-order valence-corrected chi connectivity index (χ2v) is 5.65. The number of benzene rings is 1. The van der Waals surface area contributed by atoms with Crippen molar-refractivity contribution in [3.8, 4) is 0 Å². The van der Waals surface area contributed by atoms with Crippen LogP contribution in [0, 0.1) is 0 Å². The minimum Gasteiger partial charge on any atom is -0.398 e. The maximum atomic E-state index is 11.1. The standard InChI is InChI=1S/C16H25N3O2/c1-2-8-21-14-4-3-7-19(11-14)10-13-6-5-12(16(18)20)9-15(13)17/h5-6,9,14H,2-4,7-8,10-11,17H2,1H3,(H2,18,20). The van der Waals surface area contributed by atoms with Gasteiger partial charge in [-0.3, -0.25) is 9.69 Å². The van der Waals surface area contributed by atoms with Crippen LogP contribution in [-0.2, 0) is 11.3 Å². The number of nitrogens with zero attached hydrogens (tertiary/aromatic N) is 1. The van der Waals surface area contributed by atoms with Crippen molar-refractivity contribution >= 4 is 11.6 Å². The van der Waals surface area contributed by atoms with Gasteiger partial charge in [-0.25, -0.2) is 0 Å². The first-order valence-corrected chi connectivity index (χ1v) is 7.62. The van der Waals surface area contributed by atoms with Crippen LogP contribution in [0.15, 0.2) is 18.2 Å². The number of nitrogen functional groups attached to an aromatic ring is 1. The summed E-state index contributed by atoms with van der Waals surface area (Å²) in [4.78, 5) is 13.5. The molecule has 1 aromatic carbocycles. The topological polar surface area (TPSA) is 81.6 Å². The summed E-state index contributed by atoms with van der Waals surface area (Å²) in [5, 5.41) is 0. The van der Waals surface area contributed by atoms with Crippen molar-refractivity contribution in [2.24, 2.45) is 5.73 Å². The Hall–Kier alpha value is -1.59. The number of rotatable bonds is 6. The number of carbonyl (C=O) groups excluding carboxylic acids is 1. The number of anilines is 1. The van der Waals surface area contributed by atoms with Gasteiger partial charge in [0.2, 0.25) is 5.91 Å². The summed E-state index contributed by atoms with van der Waals surface area (Å²) in [6.45, 7) is 5.74. The fraction of sp³-hybridized carbons (Fsp3) is 0.562. The predicted octanol–water partition coefficient (Wildman–Crippen LogP) is 1.76. The monoisotopic (exact) mass is 291 g/mol. The number of hydrogen-bond acceptors (Lipinski definition) is 4. The van der Waals surface area contributed by atoms with Crippen LogP contribution in [0.2, 0.25) is 0 Å². The molecule has 0 saturated carbocycles. The number of likely N-dealkylation sites (tertiary alicyclic amines) is 1. The lowest BCUT2D eigenvalue weighted by atomic mass is 10.0. The van der Waals surface area contributed by atoms with Crippen molar-refractivity contribution in [3.63, 3.8) is 0 Å². The zero-order chi connectivity index (χ0) is 15.2. The van der Waals surface area contributed by atoms with Crippen molar-refractivity contribution in [2.45, 2.75) is 38.8 Å². The Morgan fingerprint density at radius 1 is 1.48 bits per heavy atom. The molecule has 0 spiro atoms. The Morgan fingerprint density at radius 2 is 2.29 bits per heavy atom. The number of nitrogens with two attached hydrogens (primary N) is 2. The molecule has 5 nitrogen and oxygen atoms in total. The Labute approximate surface area is 126 Å². The van der Waals surface area contributed by atoms with Crippen molar-refractivity contribution in [1.29, 1.82) is 0 Å². The van der Waals surface area contributed by atoms with E-state index in [1.807, 2.05) is 6.07 Å². The van der Waals surface area contributed by atoms with Crippen molar-refractivity contribution in [3.05, 3.63) is 29.3 Å². The van der Waals surface area contributed by atoms with Gasteiger partial charge in [0.15, 0.2) is 0 Å². The van der Waals surface area contributed by atoms with E-state index < -0.39 is 5.91 Å². The van der Waals surface area contributed by atoms with E-state index in [9.17, 15) is 4.79 Å². The van der Waals surface area contributed by atoms with E-state index in [0.29, 0.717) is 17.4 Å². The number of ether oxygens (including phenoxy) is 1. The number of amides is 1. The first-order chi connectivity index (χ1) is 10.1. The van der Waals surface area contributed by atoms with Gasteiger partial charge in [-0.15, -0.1) is 0 Å². The first-order valence-electron chi connectivity index (χ1n) is 7.62. The number of carbonyl (C=O) groups is 1. The lowest BCUT2D eigenvalue weighted by Crippen LogP contribution is -2.39. The highest BCUT2D eigenvalue weighted by Gasteiger charge is 2.20. The van der Waals surface area contributed by atoms with Gasteiger partial charge in [-0.2, -0.15) is 0 Å². The van der Waals surface area contributed by atoms with Crippen LogP contribution in [0.5, 0.6) is 0 Å². The number of primary amides is 1. The molecule has 0 radical (unpaired) electrons. The molecule has 1 amide bonds. The third-order valence-electron chi connectivity index (χ3n) is 3.84. The molecule has 1 fully saturated rings. The molecule has 2 rings (SSSR count). The quantitative estimate of drug-likeness (QED) is 0.782. The molecule has 0 aromatic heterocycles. The second kappa shape index (κ2) is 7.43. The van der Waals surface area contributed by atoms with Gasteiger partial charge >= 0.3 is 0 Å². The Kier molecular flexibility index (Phi) is 5.59. The van der Waals surface area contributed by atoms with Crippen LogP contribution in [0.3, 0.4) is 0 Å². The lowest BCUT2D eigenvalue weighted by molar-refractivity contribution is -0.00218. The summed E-state index contributed by atoms with van der Waals surface area (Å²) >= 11 is 0. The highest BCUT2D eigenvalue weighted by Crippen LogP contribution is 2.20. The average Bonchev–Trinajstić information content (AvgIpc) is 2.47. The molecule has 0 aliphatic carbocycles. The van der Waals surface area contributed by atoms with Crippen LogP contribution in [0.4, 0.5) is 5.69 Å². The minimum atomic E-state index is -0.445. The van der Waals surface area contributed by atoms with E-state index >= 15 is 0 Å². The smallest absolute Gasteiger partial charge is 0.248 e. The summed E-state index contributed by atoms with van der Waals surface area (Å²) in [6, 6.07) is 5.29. The van der Waals surface area contributed by atoms with Crippen molar-refractivity contribution in [1.82, 2.24) is 4.90 Å². The Bertz CT molecular complexity index is 490. The van der Waals surface area contributed by atoms with Gasteiger partial charge in [0.05, 0.1) is 6.10 Å². The van der Waals surface area contributed by atoms with Crippen LogP contribution < -0.4 is 11.5 Å². The van der Waals surface area contributed by atoms with Crippen molar-refractivity contribution in [2.75, 3.05) is 25.4 Å². The van der Waals surface area contributed by atoms with Crippen LogP contribution in [-0.4, -0.2) is 36.6 Å². The first kappa shape index (κ1) is 15.8. The SMILES string of the molecule is CCCOC1CCCN(Cc2ccc(C(N)=O)cc2N)C1. The summed E-state index contributed by atoms with van der Waals surface area (Å²) in [6.07, 6.45) is 3.66. The maximum Gasteiger partial charge on any atom is 0.248 e. The number of piperidine rings is 1. The molecular weight excluding hydrogens is 266 g/mol. The molecule has 1 aliphatic heterocycles. The molecule has 1 heterocycles. The molecule has 1 aliphatic rings. The molecule has 1 aromatic rings. The van der Waals surface area contributed by atoms with Crippen molar-refractivity contribution < 1.29 is 9.53 Å². The Balaban J connectivity index is 1.96. The maximum absolute atomic E-state index is 11.1. The zero-order valence-corrected chi connectivity index (χ0v) is 12.7. The Morgan fingerprint density at radius 3 is 2.95 bits per heavy atom. The van der Waals surface area contributed by atoms with Gasteiger partial charge in [0, 0.05) is 30.9 Å². The zero-order valence-electron chi connectivity index (χ0n) is 12.7. The van der Waals surface area contributed by atoms with Crippen LogP contribution >= 0.6 is 0 Å². The normalized spacial score (nSPS) is 19.6. The van der Waals surface area contributed by atoms with E-state index in [2.05, 4.69) is 11.8 Å². The third-order valence-corrected chi connectivity index (χ3v) is 3.84. The number of hydrogen-bond donors (Lipinski definition) is 2. The highest BCUT2D eigenvalue weighted by atomic mass is 16.5. The predicted molar refractivity (Wildman–Crippen MR) is 83.9 cm³/mol. The van der Waals surface area contributed by atoms with Gasteiger partial charge in [0.1, 0.15) is 0 Å². The molecule has 1 saturated heterocycles. The van der Waals surface area contributed by atoms with E-state index in [1.54, 1.807) is 12.1 Å². The summed E-state index contributed by atoms with van der Waals surface area (Å²) in [7, 11) is 0. The fourth-order valence-corrected chi connectivity index (χ4v) is 2.71. The summed E-state index contributed by atoms with van der Waals surface area (Å²) in [5.41, 5.74) is 13.4. The van der Waals surface area contributed by atoms with Crippen LogP contribution in [0.25, 0.3) is 0 Å². The molecule has 0 bridgehead atoms. The minimum absolute atomic E-state index is 0.324. The van der Waals surface area contributed by atoms with Gasteiger partial charge in [-0.05, 0) is 43.5 Å². The lowest BCUT2D eigenvalue weighted by Gasteiger charge is -2.32. The molecular formula is C16H25N3O2.